The lowest BCUT2D eigenvalue weighted by Crippen LogP contribution is -2.47. The number of carbonyl (C=O) groups is 1. The van der Waals surface area contributed by atoms with Gasteiger partial charge in [-0.15, -0.1) is 0 Å². The largest absolute Gasteiger partial charge is 0.480 e. The molecule has 0 aliphatic carbocycles. The van der Waals surface area contributed by atoms with Gasteiger partial charge in [0.15, 0.2) is 5.25 Å². The van der Waals surface area contributed by atoms with Crippen LogP contribution >= 0.6 is 0 Å². The molecule has 0 rings (SSSR count). The molecule has 7 heteroatoms. The molecular weight excluding hydrogens is 232 g/mol. The first-order chi connectivity index (χ1) is 7.26. The molecule has 0 spiro atoms. The predicted molar refractivity (Wildman–Crippen MR) is 58.0 cm³/mol. The molecule has 0 aromatic carbocycles. The van der Waals surface area contributed by atoms with Gasteiger partial charge in [-0.25, -0.2) is 8.42 Å². The van der Waals surface area contributed by atoms with E-state index >= 15 is 0 Å². The molecule has 0 aromatic heterocycles. The van der Waals surface area contributed by atoms with Crippen LogP contribution in [0.1, 0.15) is 27.2 Å². The quantitative estimate of drug-likeness (QED) is 0.703. The van der Waals surface area contributed by atoms with Gasteiger partial charge in [-0.1, -0.05) is 20.3 Å². The van der Waals surface area contributed by atoms with E-state index in [2.05, 4.69) is 0 Å². The summed E-state index contributed by atoms with van der Waals surface area (Å²) in [5.41, 5.74) is 0. The first kappa shape index (κ1) is 14.9. The van der Waals surface area contributed by atoms with Crippen LogP contribution in [0.25, 0.3) is 0 Å². The molecule has 0 aliphatic rings. The van der Waals surface area contributed by atoms with Gasteiger partial charge in [-0.2, -0.15) is 9.98 Å². The first-order valence-corrected chi connectivity index (χ1v) is 6.44. The van der Waals surface area contributed by atoms with Gasteiger partial charge >= 0.3 is 5.97 Å². The number of sulfonamides is 1. The lowest BCUT2D eigenvalue weighted by Gasteiger charge is -2.20. The average molecular weight is 248 g/mol. The highest BCUT2D eigenvalue weighted by molar-refractivity contribution is 7.90. The number of aliphatic carboxylic acids is 1. The molecule has 0 aromatic rings. The Kier molecular flexibility index (Phi) is 5.41. The molecule has 3 atom stereocenters. The van der Waals surface area contributed by atoms with E-state index < -0.39 is 27.3 Å². The Hall–Kier alpha value is -1.13. The van der Waals surface area contributed by atoms with Crippen LogP contribution in [0.4, 0.5) is 0 Å². The molecule has 16 heavy (non-hydrogen) atoms. The summed E-state index contributed by atoms with van der Waals surface area (Å²) >= 11 is 0. The molecule has 0 aliphatic heterocycles. The van der Waals surface area contributed by atoms with Gasteiger partial charge in [0.1, 0.15) is 6.04 Å². The molecule has 6 nitrogen and oxygen atoms in total. The summed E-state index contributed by atoms with van der Waals surface area (Å²) in [4.78, 5) is 10.9. The number of nitrogens with one attached hydrogen (secondary N) is 1. The van der Waals surface area contributed by atoms with Crippen molar-refractivity contribution in [2.24, 2.45) is 5.92 Å². The van der Waals surface area contributed by atoms with Crippen molar-refractivity contribution < 1.29 is 18.3 Å². The maximum Gasteiger partial charge on any atom is 0.322 e. The monoisotopic (exact) mass is 248 g/mol. The molecule has 92 valence electrons. The summed E-state index contributed by atoms with van der Waals surface area (Å²) in [7, 11) is -3.90. The third-order valence-corrected chi connectivity index (χ3v) is 4.04. The molecule has 0 bridgehead atoms. The highest BCUT2D eigenvalue weighted by atomic mass is 32.2. The standard InChI is InChI=1S/C9H16N2O4S/c1-4-6(2)8(9(12)13)11-16(14,15)7(3)5-10/h6-8,11H,4H2,1-3H3,(H,12,13)/t6-,7?,8-/m0/s1. The maximum atomic E-state index is 11.5. The number of rotatable bonds is 6. The maximum absolute atomic E-state index is 11.5. The van der Waals surface area contributed by atoms with E-state index in [-0.39, 0.29) is 5.92 Å². The molecule has 1 unspecified atom stereocenters. The van der Waals surface area contributed by atoms with Crippen LogP contribution in [0.3, 0.4) is 0 Å². The molecule has 0 saturated carbocycles. The van der Waals surface area contributed by atoms with Gasteiger partial charge in [-0.05, 0) is 12.8 Å². The second-order valence-corrected chi connectivity index (χ2v) is 5.67. The van der Waals surface area contributed by atoms with Crippen LogP contribution in [0.15, 0.2) is 0 Å². The zero-order chi connectivity index (χ0) is 12.9. The highest BCUT2D eigenvalue weighted by Crippen LogP contribution is 2.10. The zero-order valence-corrected chi connectivity index (χ0v) is 10.3. The van der Waals surface area contributed by atoms with Crippen molar-refractivity contribution >= 4 is 16.0 Å². The SMILES string of the molecule is CC[C@H](C)[C@H](NS(=O)(=O)C(C)C#N)C(=O)O. The van der Waals surface area contributed by atoms with Crippen molar-refractivity contribution in [3.05, 3.63) is 0 Å². The summed E-state index contributed by atoms with van der Waals surface area (Å²) in [5, 5.41) is 16.1. The van der Waals surface area contributed by atoms with Gasteiger partial charge < -0.3 is 5.11 Å². The van der Waals surface area contributed by atoms with Crippen LogP contribution in [-0.2, 0) is 14.8 Å². The van der Waals surface area contributed by atoms with Crippen LogP contribution in [0.2, 0.25) is 0 Å². The molecule has 0 radical (unpaired) electrons. The molecule has 0 amide bonds. The summed E-state index contributed by atoms with van der Waals surface area (Å²) in [5.74, 6) is -1.57. The Morgan fingerprint density at radius 2 is 2.00 bits per heavy atom. The van der Waals surface area contributed by atoms with Gasteiger partial charge in [0, 0.05) is 0 Å². The van der Waals surface area contributed by atoms with Crippen LogP contribution in [0.5, 0.6) is 0 Å². The summed E-state index contributed by atoms with van der Waals surface area (Å²) in [6, 6.07) is 0.374. The van der Waals surface area contributed by atoms with Crippen LogP contribution in [0, 0.1) is 17.2 Å². The molecule has 0 heterocycles. The van der Waals surface area contributed by atoms with Gasteiger partial charge in [0.2, 0.25) is 10.0 Å². The Bertz CT molecular complexity index is 385. The second-order valence-electron chi connectivity index (χ2n) is 3.64. The average Bonchev–Trinajstić information content (AvgIpc) is 2.23. The molecule has 0 saturated heterocycles. The fraction of sp³-hybridized carbons (Fsp3) is 0.778. The zero-order valence-electron chi connectivity index (χ0n) is 9.47. The van der Waals surface area contributed by atoms with Crippen molar-refractivity contribution in [2.75, 3.05) is 0 Å². The Morgan fingerprint density at radius 1 is 1.50 bits per heavy atom. The number of carboxylic acids is 1. The smallest absolute Gasteiger partial charge is 0.322 e. The normalized spacial score (nSPS) is 17.1. The van der Waals surface area contributed by atoms with E-state index in [0.717, 1.165) is 0 Å². The van der Waals surface area contributed by atoms with Gasteiger partial charge in [-0.3, -0.25) is 4.79 Å². The predicted octanol–water partition coefficient (Wildman–Crippen LogP) is 0.317. The number of hydrogen-bond acceptors (Lipinski definition) is 4. The Labute approximate surface area is 95.3 Å². The minimum atomic E-state index is -3.90. The topological polar surface area (TPSA) is 107 Å². The summed E-state index contributed by atoms with van der Waals surface area (Å²) in [6.07, 6.45) is 0.528. The van der Waals surface area contributed by atoms with Crippen molar-refractivity contribution in [2.45, 2.75) is 38.5 Å². The van der Waals surface area contributed by atoms with E-state index in [9.17, 15) is 13.2 Å². The Balaban J connectivity index is 4.92. The fourth-order valence-electron chi connectivity index (χ4n) is 0.994. The third-order valence-electron chi connectivity index (χ3n) is 2.42. The van der Waals surface area contributed by atoms with Crippen molar-refractivity contribution in [1.82, 2.24) is 4.72 Å². The van der Waals surface area contributed by atoms with Crippen LogP contribution in [-0.4, -0.2) is 30.8 Å². The first-order valence-electron chi connectivity index (χ1n) is 4.89. The number of carboxylic acid groups (broad SMARTS) is 1. The van der Waals surface area contributed by atoms with Crippen LogP contribution < -0.4 is 4.72 Å². The third kappa shape index (κ3) is 3.79. The number of nitriles is 1. The second kappa shape index (κ2) is 5.82. The van der Waals surface area contributed by atoms with Gasteiger partial charge in [0.05, 0.1) is 6.07 Å². The van der Waals surface area contributed by atoms with E-state index in [4.69, 9.17) is 10.4 Å². The van der Waals surface area contributed by atoms with E-state index in [1.807, 2.05) is 4.72 Å². The van der Waals surface area contributed by atoms with Crippen molar-refractivity contribution in [1.29, 1.82) is 5.26 Å². The van der Waals surface area contributed by atoms with E-state index in [0.29, 0.717) is 6.42 Å². The van der Waals surface area contributed by atoms with E-state index in [1.165, 1.54) is 6.92 Å². The van der Waals surface area contributed by atoms with Crippen molar-refractivity contribution in [3.8, 4) is 6.07 Å². The lowest BCUT2D eigenvalue weighted by molar-refractivity contribution is -0.140. The number of nitrogens with zero attached hydrogens (tertiary/aromatic N) is 1. The minimum Gasteiger partial charge on any atom is -0.480 e. The summed E-state index contributed by atoms with van der Waals surface area (Å²) < 4.78 is 25.0. The summed E-state index contributed by atoms with van der Waals surface area (Å²) in [6.45, 7) is 4.61. The van der Waals surface area contributed by atoms with E-state index in [1.54, 1.807) is 19.9 Å². The highest BCUT2D eigenvalue weighted by Gasteiger charge is 2.31. The fourth-order valence-corrected chi connectivity index (χ4v) is 2.02. The molecular formula is C9H16N2O4S. The van der Waals surface area contributed by atoms with Gasteiger partial charge in [0.25, 0.3) is 0 Å². The Morgan fingerprint density at radius 3 is 2.31 bits per heavy atom. The minimum absolute atomic E-state index is 0.335. The molecule has 0 fully saturated rings. The van der Waals surface area contributed by atoms with Crippen molar-refractivity contribution in [3.63, 3.8) is 0 Å². The lowest BCUT2D eigenvalue weighted by atomic mass is 10.0. The number of hydrogen-bond donors (Lipinski definition) is 2. The molecule has 2 N–H and O–H groups in total.